The highest BCUT2D eigenvalue weighted by Crippen LogP contribution is 2.21. The second kappa shape index (κ2) is 6.02. The number of benzene rings is 1. The Morgan fingerprint density at radius 3 is 2.56 bits per heavy atom. The van der Waals surface area contributed by atoms with E-state index in [1.54, 1.807) is 0 Å². The maximum Gasteiger partial charge on any atom is 0.0481 e. The molecule has 0 saturated carbocycles. The molecule has 0 aromatic heterocycles. The highest BCUT2D eigenvalue weighted by molar-refractivity contribution is 5.14. The fourth-order valence-electron chi connectivity index (χ4n) is 2.21. The van der Waals surface area contributed by atoms with Gasteiger partial charge in [0.05, 0.1) is 0 Å². The van der Waals surface area contributed by atoms with Crippen LogP contribution in [0.3, 0.4) is 0 Å². The van der Waals surface area contributed by atoms with E-state index in [-0.39, 0.29) is 6.61 Å². The molecule has 1 fully saturated rings. The molecule has 2 heteroatoms. The number of piperidine rings is 1. The lowest BCUT2D eigenvalue weighted by atomic mass is 9.94. The fraction of sp³-hybridized carbons (Fsp3) is 0.571. The summed E-state index contributed by atoms with van der Waals surface area (Å²) in [5, 5.41) is 8.93. The van der Waals surface area contributed by atoms with Gasteiger partial charge < -0.3 is 5.11 Å². The molecule has 1 aromatic carbocycles. The van der Waals surface area contributed by atoms with Gasteiger partial charge in [-0.05, 0) is 43.8 Å². The molecule has 2 rings (SSSR count). The zero-order chi connectivity index (χ0) is 13.0. The number of aliphatic hydroxyl groups excluding tert-OH is 1. The summed E-state index contributed by atoms with van der Waals surface area (Å²) in [7, 11) is 0. The standard InChI is InChI=1S/C14H21NO/c16-11-8-13-6-9-15(10-7-13)12-14-4-2-1-3-5-14/h1-5,13,16H,6-12H2/i12D2. The normalized spacial score (nSPS) is 21.6. The Morgan fingerprint density at radius 1 is 1.25 bits per heavy atom. The SMILES string of the molecule is [2H]C([2H])(c1ccccc1)N1CCC(CCO)CC1. The molecule has 0 unspecified atom stereocenters. The van der Waals surface area contributed by atoms with Gasteiger partial charge in [-0.2, -0.15) is 0 Å². The van der Waals surface area contributed by atoms with Crippen LogP contribution in [0.2, 0.25) is 0 Å². The van der Waals surface area contributed by atoms with Gasteiger partial charge in [-0.3, -0.25) is 4.90 Å². The molecule has 0 spiro atoms. The quantitative estimate of drug-likeness (QED) is 0.843. The van der Waals surface area contributed by atoms with Crippen LogP contribution in [0.5, 0.6) is 0 Å². The van der Waals surface area contributed by atoms with Crippen LogP contribution >= 0.6 is 0 Å². The Hall–Kier alpha value is -0.860. The molecular formula is C14H21NO. The van der Waals surface area contributed by atoms with Crippen LogP contribution in [0, 0.1) is 5.92 Å². The van der Waals surface area contributed by atoms with Crippen LogP contribution in [-0.4, -0.2) is 29.7 Å². The van der Waals surface area contributed by atoms with E-state index in [9.17, 15) is 0 Å². The van der Waals surface area contributed by atoms with Crippen LogP contribution in [0.1, 0.15) is 27.6 Å². The number of nitrogens with zero attached hydrogens (tertiary/aromatic N) is 1. The predicted octanol–water partition coefficient (Wildman–Crippen LogP) is 2.28. The van der Waals surface area contributed by atoms with Gasteiger partial charge in [0, 0.05) is 15.8 Å². The van der Waals surface area contributed by atoms with Crippen LogP contribution < -0.4 is 0 Å². The van der Waals surface area contributed by atoms with Gasteiger partial charge in [-0.15, -0.1) is 0 Å². The molecule has 1 aliphatic rings. The lowest BCUT2D eigenvalue weighted by Gasteiger charge is -2.31. The molecule has 1 saturated heterocycles. The van der Waals surface area contributed by atoms with E-state index in [1.165, 1.54) is 0 Å². The minimum atomic E-state index is -1.38. The number of hydrogen-bond donors (Lipinski definition) is 1. The lowest BCUT2D eigenvalue weighted by Crippen LogP contribution is -2.33. The van der Waals surface area contributed by atoms with Crippen LogP contribution in [0.4, 0.5) is 0 Å². The number of rotatable bonds is 4. The van der Waals surface area contributed by atoms with Gasteiger partial charge >= 0.3 is 0 Å². The molecule has 1 N–H and O–H groups in total. The second-order valence-electron chi connectivity index (χ2n) is 4.42. The molecule has 16 heavy (non-hydrogen) atoms. The van der Waals surface area contributed by atoms with E-state index in [0.29, 0.717) is 5.92 Å². The van der Waals surface area contributed by atoms with E-state index in [0.717, 1.165) is 37.9 Å². The first-order valence-electron chi connectivity index (χ1n) is 7.06. The maximum absolute atomic E-state index is 8.93. The average molecular weight is 221 g/mol. The first-order chi connectivity index (χ1) is 8.64. The molecule has 1 aromatic rings. The Labute approximate surface area is 101 Å². The van der Waals surface area contributed by atoms with E-state index >= 15 is 0 Å². The van der Waals surface area contributed by atoms with Gasteiger partial charge in [0.2, 0.25) is 0 Å². The van der Waals surface area contributed by atoms with Gasteiger partial charge in [0.1, 0.15) is 0 Å². The van der Waals surface area contributed by atoms with Crippen molar-refractivity contribution in [3.63, 3.8) is 0 Å². The Bertz CT molecular complexity index is 361. The highest BCUT2D eigenvalue weighted by atomic mass is 16.3. The van der Waals surface area contributed by atoms with Crippen molar-refractivity contribution in [1.82, 2.24) is 4.90 Å². The van der Waals surface area contributed by atoms with Gasteiger partial charge in [-0.1, -0.05) is 30.3 Å². The molecule has 0 radical (unpaired) electrons. The molecular weight excluding hydrogens is 198 g/mol. The van der Waals surface area contributed by atoms with Crippen molar-refractivity contribution in [1.29, 1.82) is 0 Å². The monoisotopic (exact) mass is 221 g/mol. The summed E-state index contributed by atoms with van der Waals surface area (Å²) >= 11 is 0. The van der Waals surface area contributed by atoms with Gasteiger partial charge in [-0.25, -0.2) is 0 Å². The topological polar surface area (TPSA) is 23.5 Å². The van der Waals surface area contributed by atoms with Crippen molar-refractivity contribution in [3.05, 3.63) is 35.9 Å². The van der Waals surface area contributed by atoms with Crippen molar-refractivity contribution >= 4 is 0 Å². The summed E-state index contributed by atoms with van der Waals surface area (Å²) in [5.74, 6) is 0.554. The van der Waals surface area contributed by atoms with Crippen molar-refractivity contribution in [2.24, 2.45) is 5.92 Å². The Kier molecular flexibility index (Phi) is 3.46. The summed E-state index contributed by atoms with van der Waals surface area (Å²) in [6.07, 6.45) is 2.81. The maximum atomic E-state index is 8.93. The van der Waals surface area contributed by atoms with Crippen LogP contribution in [-0.2, 0) is 6.50 Å². The summed E-state index contributed by atoms with van der Waals surface area (Å²) in [6.45, 7) is 0.404. The van der Waals surface area contributed by atoms with Crippen molar-refractivity contribution in [3.8, 4) is 0 Å². The predicted molar refractivity (Wildman–Crippen MR) is 66.1 cm³/mol. The van der Waals surface area contributed by atoms with Gasteiger partial charge in [0.15, 0.2) is 0 Å². The molecule has 0 bridgehead atoms. The zero-order valence-electron chi connectivity index (χ0n) is 11.6. The highest BCUT2D eigenvalue weighted by Gasteiger charge is 2.18. The van der Waals surface area contributed by atoms with Crippen molar-refractivity contribution in [2.45, 2.75) is 25.8 Å². The lowest BCUT2D eigenvalue weighted by molar-refractivity contribution is 0.153. The van der Waals surface area contributed by atoms with Crippen LogP contribution in [0.15, 0.2) is 30.3 Å². The van der Waals surface area contributed by atoms with E-state index in [1.807, 2.05) is 35.2 Å². The first-order valence-corrected chi connectivity index (χ1v) is 6.06. The molecule has 0 atom stereocenters. The number of aliphatic hydroxyl groups is 1. The largest absolute Gasteiger partial charge is 0.396 e. The zero-order valence-corrected chi connectivity index (χ0v) is 9.60. The van der Waals surface area contributed by atoms with Crippen molar-refractivity contribution in [2.75, 3.05) is 19.7 Å². The third kappa shape index (κ3) is 3.32. The van der Waals surface area contributed by atoms with E-state index in [4.69, 9.17) is 7.85 Å². The van der Waals surface area contributed by atoms with Crippen molar-refractivity contribution < 1.29 is 7.85 Å². The molecule has 1 heterocycles. The molecule has 0 amide bonds. The van der Waals surface area contributed by atoms with E-state index < -0.39 is 6.50 Å². The summed E-state index contributed by atoms with van der Waals surface area (Å²) in [6, 6.07) is 9.37. The Morgan fingerprint density at radius 2 is 1.94 bits per heavy atom. The molecule has 88 valence electrons. The number of hydrogen-bond acceptors (Lipinski definition) is 2. The third-order valence-corrected chi connectivity index (χ3v) is 3.21. The Balaban J connectivity index is 2.00. The summed E-state index contributed by atoms with van der Waals surface area (Å²) in [5.41, 5.74) is 0.727. The smallest absolute Gasteiger partial charge is 0.0481 e. The van der Waals surface area contributed by atoms with Gasteiger partial charge in [0.25, 0.3) is 0 Å². The minimum absolute atomic E-state index is 0.246. The van der Waals surface area contributed by atoms with Crippen LogP contribution in [0.25, 0.3) is 0 Å². The first kappa shape index (κ1) is 9.20. The molecule has 2 nitrogen and oxygen atoms in total. The fourth-order valence-corrected chi connectivity index (χ4v) is 2.21. The minimum Gasteiger partial charge on any atom is -0.396 e. The average Bonchev–Trinajstić information content (AvgIpc) is 2.41. The molecule has 1 aliphatic heterocycles. The summed E-state index contributed by atoms with van der Waals surface area (Å²) < 4.78 is 16.5. The molecule has 0 aliphatic carbocycles. The van der Waals surface area contributed by atoms with E-state index in [2.05, 4.69) is 0 Å². The summed E-state index contributed by atoms with van der Waals surface area (Å²) in [4.78, 5) is 1.91. The third-order valence-electron chi connectivity index (χ3n) is 3.21. The number of likely N-dealkylation sites (tertiary alicyclic amines) is 1. The second-order valence-corrected chi connectivity index (χ2v) is 4.42.